The smallest absolute Gasteiger partial charge is 0.459 e. The van der Waals surface area contributed by atoms with Gasteiger partial charge in [0.05, 0.1) is 12.0 Å². The van der Waals surface area contributed by atoms with Crippen LogP contribution in [-0.2, 0) is 5.92 Å². The van der Waals surface area contributed by atoms with Crippen molar-refractivity contribution in [3.63, 3.8) is 0 Å². The number of hydrogen-bond donors (Lipinski definition) is 0. The van der Waals surface area contributed by atoms with Crippen LogP contribution >= 0.6 is 0 Å². The van der Waals surface area contributed by atoms with E-state index < -0.39 is 40.9 Å². The van der Waals surface area contributed by atoms with E-state index in [0.717, 1.165) is 18.2 Å². The van der Waals surface area contributed by atoms with Crippen molar-refractivity contribution in [3.8, 4) is 11.3 Å². The highest BCUT2D eigenvalue weighted by Crippen LogP contribution is 2.44. The second kappa shape index (κ2) is 9.19. The first kappa shape index (κ1) is 25.3. The molecule has 1 aliphatic heterocycles. The van der Waals surface area contributed by atoms with Crippen LogP contribution in [0.3, 0.4) is 0 Å². The topological polar surface area (TPSA) is 84.0 Å². The molecule has 1 aromatic carbocycles. The highest BCUT2D eigenvalue weighted by molar-refractivity contribution is 5.94. The van der Waals surface area contributed by atoms with E-state index in [0.29, 0.717) is 6.07 Å². The molecule has 1 fully saturated rings. The fourth-order valence-corrected chi connectivity index (χ4v) is 4.05. The molecule has 0 atom stereocenters. The summed E-state index contributed by atoms with van der Waals surface area (Å²) in [7, 11) is 0. The summed E-state index contributed by atoms with van der Waals surface area (Å²) in [5.74, 6) is -6.95. The van der Waals surface area contributed by atoms with E-state index in [1.165, 1.54) is 34.3 Å². The van der Waals surface area contributed by atoms with Crippen LogP contribution < -0.4 is 0 Å². The summed E-state index contributed by atoms with van der Waals surface area (Å²) in [6.07, 6.45) is -4.61. The zero-order valence-corrected chi connectivity index (χ0v) is 19.3. The number of hydrogen-bond acceptors (Lipinski definition) is 5. The zero-order valence-electron chi connectivity index (χ0n) is 19.3. The molecular formula is C24H17F6N5O3. The molecule has 198 valence electrons. The summed E-state index contributed by atoms with van der Waals surface area (Å²) in [5, 5.41) is 3.74. The molecule has 0 bridgehead atoms. The number of fused-ring (bicyclic) bond motifs is 1. The summed E-state index contributed by atoms with van der Waals surface area (Å²) < 4.78 is 87.7. The molecule has 0 unspecified atom stereocenters. The first-order valence-corrected chi connectivity index (χ1v) is 11.2. The number of piperazine rings is 1. The quantitative estimate of drug-likeness (QED) is 0.361. The number of nitrogens with zero attached hydrogens (tertiary/aromatic N) is 5. The fraction of sp³-hybridized carbons (Fsp3) is 0.250. The Labute approximate surface area is 210 Å². The van der Waals surface area contributed by atoms with E-state index in [1.54, 1.807) is 6.07 Å². The monoisotopic (exact) mass is 537 g/mol. The van der Waals surface area contributed by atoms with Gasteiger partial charge in [0.1, 0.15) is 11.5 Å². The standard InChI is InChI=1S/C24H17F6N5O3/c25-15-5-3-14(4-6-15)16-12-19(23(26,27)24(28,29)30)35-20(31-16)13-17(32-35)21(36)33-7-9-34(10-8-33)22(37)18-2-1-11-38-18/h1-6,11-13H,7-10H2. The maximum absolute atomic E-state index is 14.5. The highest BCUT2D eigenvalue weighted by atomic mass is 19.4. The predicted octanol–water partition coefficient (Wildman–Crippen LogP) is 4.38. The van der Waals surface area contributed by atoms with Gasteiger partial charge >= 0.3 is 12.1 Å². The van der Waals surface area contributed by atoms with E-state index in [4.69, 9.17) is 4.42 Å². The Kier molecular flexibility index (Phi) is 6.12. The third-order valence-electron chi connectivity index (χ3n) is 6.05. The van der Waals surface area contributed by atoms with Crippen molar-refractivity contribution in [3.05, 3.63) is 77.8 Å². The Morgan fingerprint density at radius 1 is 0.868 bits per heavy atom. The van der Waals surface area contributed by atoms with Crippen LogP contribution in [0.15, 0.2) is 59.2 Å². The van der Waals surface area contributed by atoms with Crippen molar-refractivity contribution >= 4 is 17.5 Å². The third kappa shape index (κ3) is 4.46. The van der Waals surface area contributed by atoms with Crippen molar-refractivity contribution in [2.75, 3.05) is 26.2 Å². The molecule has 1 aliphatic rings. The van der Waals surface area contributed by atoms with Crippen molar-refractivity contribution in [2.24, 2.45) is 0 Å². The predicted molar refractivity (Wildman–Crippen MR) is 119 cm³/mol. The summed E-state index contributed by atoms with van der Waals surface area (Å²) >= 11 is 0. The Morgan fingerprint density at radius 3 is 2.08 bits per heavy atom. The number of benzene rings is 1. The average molecular weight is 537 g/mol. The SMILES string of the molecule is O=C(c1cc2nc(-c3ccc(F)cc3)cc(C(F)(F)C(F)(F)F)n2n1)N1CCN(C(=O)c2ccco2)CC1. The van der Waals surface area contributed by atoms with E-state index in [1.807, 2.05) is 0 Å². The normalized spacial score (nSPS) is 14.8. The summed E-state index contributed by atoms with van der Waals surface area (Å²) in [6, 6.07) is 8.93. The average Bonchev–Trinajstić information content (AvgIpc) is 3.57. The Bertz CT molecular complexity index is 1490. The van der Waals surface area contributed by atoms with Crippen LogP contribution in [0.5, 0.6) is 0 Å². The maximum Gasteiger partial charge on any atom is 0.459 e. The van der Waals surface area contributed by atoms with E-state index in [2.05, 4.69) is 10.1 Å². The Hall–Kier alpha value is -4.36. The molecule has 3 aromatic heterocycles. The van der Waals surface area contributed by atoms with E-state index in [9.17, 15) is 35.9 Å². The van der Waals surface area contributed by atoms with Crippen molar-refractivity contribution < 1.29 is 40.3 Å². The molecular weight excluding hydrogens is 520 g/mol. The molecule has 0 spiro atoms. The van der Waals surface area contributed by atoms with Gasteiger partial charge in [-0.25, -0.2) is 13.9 Å². The molecule has 2 amide bonds. The molecule has 8 nitrogen and oxygen atoms in total. The molecule has 0 aliphatic carbocycles. The lowest BCUT2D eigenvalue weighted by molar-refractivity contribution is -0.291. The number of carbonyl (C=O) groups is 2. The van der Waals surface area contributed by atoms with Gasteiger partial charge in [0.25, 0.3) is 11.8 Å². The van der Waals surface area contributed by atoms with E-state index in [-0.39, 0.29) is 53.6 Å². The van der Waals surface area contributed by atoms with Crippen LogP contribution in [0.1, 0.15) is 26.7 Å². The summed E-state index contributed by atoms with van der Waals surface area (Å²) in [4.78, 5) is 32.4. The number of furan rings is 1. The van der Waals surface area contributed by atoms with Crippen LogP contribution in [0.25, 0.3) is 16.9 Å². The molecule has 4 aromatic rings. The molecule has 1 saturated heterocycles. The number of alkyl halides is 5. The lowest BCUT2D eigenvalue weighted by Gasteiger charge is -2.33. The summed E-state index contributed by atoms with van der Waals surface area (Å²) in [6.45, 7) is 0.421. The molecule has 0 radical (unpaired) electrons. The fourth-order valence-electron chi connectivity index (χ4n) is 4.05. The number of halogens is 6. The number of aromatic nitrogens is 3. The first-order valence-electron chi connectivity index (χ1n) is 11.2. The Balaban J connectivity index is 1.47. The van der Waals surface area contributed by atoms with Gasteiger partial charge in [0, 0.05) is 37.8 Å². The Morgan fingerprint density at radius 2 is 1.50 bits per heavy atom. The van der Waals surface area contributed by atoms with E-state index >= 15 is 0 Å². The van der Waals surface area contributed by atoms with Gasteiger partial charge in [0.15, 0.2) is 17.1 Å². The zero-order chi connectivity index (χ0) is 27.2. The number of carbonyl (C=O) groups excluding carboxylic acids is 2. The van der Waals surface area contributed by atoms with Crippen molar-refractivity contribution in [2.45, 2.75) is 12.1 Å². The van der Waals surface area contributed by atoms with Crippen LogP contribution in [-0.4, -0.2) is 68.6 Å². The number of rotatable bonds is 4. The second-order valence-corrected chi connectivity index (χ2v) is 8.47. The minimum Gasteiger partial charge on any atom is -0.459 e. The minimum atomic E-state index is -5.96. The minimum absolute atomic E-state index is 0.0684. The van der Waals surface area contributed by atoms with Gasteiger partial charge in [-0.15, -0.1) is 0 Å². The van der Waals surface area contributed by atoms with Gasteiger partial charge < -0.3 is 14.2 Å². The van der Waals surface area contributed by atoms with Gasteiger partial charge in [-0.05, 0) is 42.5 Å². The van der Waals surface area contributed by atoms with Gasteiger partial charge in [-0.2, -0.15) is 27.1 Å². The lowest BCUT2D eigenvalue weighted by atomic mass is 10.1. The molecule has 0 N–H and O–H groups in total. The molecule has 14 heteroatoms. The largest absolute Gasteiger partial charge is 0.459 e. The molecule has 0 saturated carbocycles. The van der Waals surface area contributed by atoms with Crippen LogP contribution in [0.4, 0.5) is 26.3 Å². The third-order valence-corrected chi connectivity index (χ3v) is 6.05. The molecule has 5 rings (SSSR count). The van der Waals surface area contributed by atoms with Gasteiger partial charge in [-0.3, -0.25) is 9.59 Å². The number of amides is 2. The lowest BCUT2D eigenvalue weighted by Crippen LogP contribution is -2.50. The van der Waals surface area contributed by atoms with Crippen LogP contribution in [0.2, 0.25) is 0 Å². The second-order valence-electron chi connectivity index (χ2n) is 8.47. The van der Waals surface area contributed by atoms with Gasteiger partial charge in [0.2, 0.25) is 0 Å². The first-order chi connectivity index (χ1) is 18.0. The maximum atomic E-state index is 14.5. The van der Waals surface area contributed by atoms with Crippen molar-refractivity contribution in [1.29, 1.82) is 0 Å². The highest BCUT2D eigenvalue weighted by Gasteiger charge is 2.60. The van der Waals surface area contributed by atoms with Crippen molar-refractivity contribution in [1.82, 2.24) is 24.4 Å². The van der Waals surface area contributed by atoms with Gasteiger partial charge in [-0.1, -0.05) is 0 Å². The molecule has 38 heavy (non-hydrogen) atoms. The van der Waals surface area contributed by atoms with Crippen LogP contribution in [0, 0.1) is 5.82 Å². The molecule has 4 heterocycles. The summed E-state index contributed by atoms with van der Waals surface area (Å²) in [5.41, 5.74) is -2.60.